The summed E-state index contributed by atoms with van der Waals surface area (Å²) in [6.07, 6.45) is 5.27. The van der Waals surface area contributed by atoms with Crippen LogP contribution in [0.2, 0.25) is 0 Å². The van der Waals surface area contributed by atoms with Gasteiger partial charge < -0.3 is 14.6 Å². The van der Waals surface area contributed by atoms with Crippen LogP contribution in [0.1, 0.15) is 16.1 Å². The van der Waals surface area contributed by atoms with Crippen LogP contribution in [0.3, 0.4) is 0 Å². The summed E-state index contributed by atoms with van der Waals surface area (Å²) >= 11 is 0. The second-order valence-corrected chi connectivity index (χ2v) is 5.01. The molecule has 2 heterocycles. The van der Waals surface area contributed by atoms with E-state index in [2.05, 4.69) is 10.3 Å². The Bertz CT molecular complexity index is 780. The maximum Gasteiger partial charge on any atom is 0.268 e. The standard InChI is InChI=1S/C18H17N3O2/c1-23-16-8-6-14(7-9-16)12-20-18(22)17-5-3-11-21(17)15-4-2-10-19-13-15/h2-11,13H,12H2,1H3,(H,20,22). The molecule has 0 unspecified atom stereocenters. The Balaban J connectivity index is 1.70. The molecule has 1 aromatic carbocycles. The van der Waals surface area contributed by atoms with E-state index in [1.165, 1.54) is 0 Å². The first-order valence-corrected chi connectivity index (χ1v) is 7.27. The van der Waals surface area contributed by atoms with E-state index in [-0.39, 0.29) is 5.91 Å². The fraction of sp³-hybridized carbons (Fsp3) is 0.111. The molecule has 0 spiro atoms. The normalized spacial score (nSPS) is 10.3. The monoisotopic (exact) mass is 307 g/mol. The lowest BCUT2D eigenvalue weighted by molar-refractivity contribution is 0.0944. The van der Waals surface area contributed by atoms with Crippen LogP contribution in [-0.2, 0) is 6.54 Å². The lowest BCUT2D eigenvalue weighted by atomic mass is 10.2. The van der Waals surface area contributed by atoms with Crippen LogP contribution in [-0.4, -0.2) is 22.6 Å². The Morgan fingerprint density at radius 2 is 2.00 bits per heavy atom. The van der Waals surface area contributed by atoms with Crippen molar-refractivity contribution in [1.82, 2.24) is 14.9 Å². The molecule has 0 aliphatic rings. The highest BCUT2D eigenvalue weighted by Crippen LogP contribution is 2.13. The molecule has 5 heteroatoms. The maximum atomic E-state index is 12.4. The zero-order valence-corrected chi connectivity index (χ0v) is 12.8. The van der Waals surface area contributed by atoms with E-state index in [1.807, 2.05) is 53.2 Å². The third-order valence-electron chi connectivity index (χ3n) is 3.52. The number of aromatic nitrogens is 2. The molecule has 0 aliphatic carbocycles. The van der Waals surface area contributed by atoms with Crippen LogP contribution < -0.4 is 10.1 Å². The molecule has 3 aromatic rings. The van der Waals surface area contributed by atoms with Gasteiger partial charge in [0, 0.05) is 18.9 Å². The fourth-order valence-corrected chi connectivity index (χ4v) is 2.30. The second-order valence-electron chi connectivity index (χ2n) is 5.01. The van der Waals surface area contributed by atoms with Gasteiger partial charge in [-0.3, -0.25) is 9.78 Å². The molecule has 0 fully saturated rings. The van der Waals surface area contributed by atoms with Crippen molar-refractivity contribution < 1.29 is 9.53 Å². The lowest BCUT2D eigenvalue weighted by Gasteiger charge is -2.10. The number of benzene rings is 1. The van der Waals surface area contributed by atoms with E-state index in [0.717, 1.165) is 17.0 Å². The first-order chi connectivity index (χ1) is 11.3. The fourth-order valence-electron chi connectivity index (χ4n) is 2.30. The van der Waals surface area contributed by atoms with Gasteiger partial charge in [0.15, 0.2) is 0 Å². The van der Waals surface area contributed by atoms with Gasteiger partial charge in [0.05, 0.1) is 19.0 Å². The number of pyridine rings is 1. The molecule has 5 nitrogen and oxygen atoms in total. The molecular formula is C18H17N3O2. The minimum absolute atomic E-state index is 0.130. The van der Waals surface area contributed by atoms with Crippen molar-refractivity contribution in [2.24, 2.45) is 0 Å². The molecule has 3 rings (SSSR count). The molecule has 2 aromatic heterocycles. The molecule has 1 N–H and O–H groups in total. The summed E-state index contributed by atoms with van der Waals surface area (Å²) in [6, 6.07) is 15.0. The molecule has 0 radical (unpaired) electrons. The zero-order valence-electron chi connectivity index (χ0n) is 12.8. The average molecular weight is 307 g/mol. The second kappa shape index (κ2) is 6.79. The van der Waals surface area contributed by atoms with Crippen molar-refractivity contribution in [3.63, 3.8) is 0 Å². The van der Waals surface area contributed by atoms with Crippen molar-refractivity contribution in [3.8, 4) is 11.4 Å². The number of methoxy groups -OCH3 is 1. The molecule has 0 atom stereocenters. The van der Waals surface area contributed by atoms with Crippen molar-refractivity contribution in [1.29, 1.82) is 0 Å². The zero-order chi connectivity index (χ0) is 16.1. The maximum absolute atomic E-state index is 12.4. The third kappa shape index (κ3) is 3.40. The third-order valence-corrected chi connectivity index (χ3v) is 3.52. The van der Waals surface area contributed by atoms with E-state index in [0.29, 0.717) is 12.2 Å². The molecular weight excluding hydrogens is 290 g/mol. The summed E-state index contributed by atoms with van der Waals surface area (Å²) in [6.45, 7) is 0.459. The molecule has 0 aliphatic heterocycles. The highest BCUT2D eigenvalue weighted by atomic mass is 16.5. The predicted octanol–water partition coefficient (Wildman–Crippen LogP) is 2.81. The van der Waals surface area contributed by atoms with Gasteiger partial charge in [-0.1, -0.05) is 12.1 Å². The number of hydrogen-bond acceptors (Lipinski definition) is 3. The predicted molar refractivity (Wildman–Crippen MR) is 87.7 cm³/mol. The van der Waals surface area contributed by atoms with E-state index in [9.17, 15) is 4.79 Å². The Morgan fingerprint density at radius 3 is 2.70 bits per heavy atom. The Kier molecular flexibility index (Phi) is 4.38. The molecule has 23 heavy (non-hydrogen) atoms. The van der Waals surface area contributed by atoms with Gasteiger partial charge in [0.2, 0.25) is 0 Å². The summed E-state index contributed by atoms with van der Waals surface area (Å²) in [5.41, 5.74) is 2.44. The number of rotatable bonds is 5. The van der Waals surface area contributed by atoms with Gasteiger partial charge in [0.1, 0.15) is 11.4 Å². The molecule has 0 saturated carbocycles. The smallest absolute Gasteiger partial charge is 0.268 e. The van der Waals surface area contributed by atoms with Crippen LogP contribution in [0, 0.1) is 0 Å². The Labute approximate surface area is 134 Å². The van der Waals surface area contributed by atoms with E-state index in [1.54, 1.807) is 25.6 Å². The van der Waals surface area contributed by atoms with Crippen LogP contribution in [0.25, 0.3) is 5.69 Å². The van der Waals surface area contributed by atoms with Crippen LogP contribution >= 0.6 is 0 Å². The van der Waals surface area contributed by atoms with Crippen molar-refractivity contribution in [2.75, 3.05) is 7.11 Å². The van der Waals surface area contributed by atoms with Gasteiger partial charge in [-0.15, -0.1) is 0 Å². The van der Waals surface area contributed by atoms with Gasteiger partial charge in [-0.05, 0) is 42.0 Å². The van der Waals surface area contributed by atoms with Gasteiger partial charge >= 0.3 is 0 Å². The largest absolute Gasteiger partial charge is 0.497 e. The number of carbonyl (C=O) groups excluding carboxylic acids is 1. The summed E-state index contributed by atoms with van der Waals surface area (Å²) in [7, 11) is 1.63. The Morgan fingerprint density at radius 1 is 1.17 bits per heavy atom. The number of carbonyl (C=O) groups is 1. The number of nitrogens with zero attached hydrogens (tertiary/aromatic N) is 2. The number of amides is 1. The highest BCUT2D eigenvalue weighted by Gasteiger charge is 2.11. The first-order valence-electron chi connectivity index (χ1n) is 7.27. The van der Waals surface area contributed by atoms with Crippen molar-refractivity contribution in [3.05, 3.63) is 78.4 Å². The summed E-state index contributed by atoms with van der Waals surface area (Å²) in [5.74, 6) is 0.667. The lowest BCUT2D eigenvalue weighted by Crippen LogP contribution is -2.25. The van der Waals surface area contributed by atoms with Gasteiger partial charge in [0.25, 0.3) is 5.91 Å². The molecule has 0 saturated heterocycles. The summed E-state index contributed by atoms with van der Waals surface area (Å²) in [4.78, 5) is 16.5. The van der Waals surface area contributed by atoms with E-state index >= 15 is 0 Å². The minimum atomic E-state index is -0.130. The van der Waals surface area contributed by atoms with Gasteiger partial charge in [-0.25, -0.2) is 0 Å². The molecule has 0 bridgehead atoms. The minimum Gasteiger partial charge on any atom is -0.497 e. The number of hydrogen-bond donors (Lipinski definition) is 1. The van der Waals surface area contributed by atoms with Crippen LogP contribution in [0.4, 0.5) is 0 Å². The van der Waals surface area contributed by atoms with Crippen molar-refractivity contribution in [2.45, 2.75) is 6.54 Å². The SMILES string of the molecule is COc1ccc(CNC(=O)c2cccn2-c2cccnc2)cc1. The summed E-state index contributed by atoms with van der Waals surface area (Å²) in [5, 5.41) is 2.93. The van der Waals surface area contributed by atoms with Crippen LogP contribution in [0.5, 0.6) is 5.75 Å². The first kappa shape index (κ1) is 14.8. The summed E-state index contributed by atoms with van der Waals surface area (Å²) < 4.78 is 6.94. The van der Waals surface area contributed by atoms with Gasteiger partial charge in [-0.2, -0.15) is 0 Å². The molecule has 116 valence electrons. The van der Waals surface area contributed by atoms with Crippen LogP contribution in [0.15, 0.2) is 67.1 Å². The highest BCUT2D eigenvalue weighted by molar-refractivity contribution is 5.93. The van der Waals surface area contributed by atoms with Crippen molar-refractivity contribution >= 4 is 5.91 Å². The quantitative estimate of drug-likeness (QED) is 0.788. The topological polar surface area (TPSA) is 56.1 Å². The number of ether oxygens (including phenoxy) is 1. The number of nitrogens with one attached hydrogen (secondary N) is 1. The Hall–Kier alpha value is -3.08. The average Bonchev–Trinajstić information content (AvgIpc) is 3.11. The van der Waals surface area contributed by atoms with E-state index in [4.69, 9.17) is 4.74 Å². The van der Waals surface area contributed by atoms with E-state index < -0.39 is 0 Å². The molecule has 1 amide bonds.